The Labute approximate surface area is 215 Å². The number of benzene rings is 3. The number of aromatic nitrogens is 2. The smallest absolute Gasteiger partial charge is 0.435 e. The lowest BCUT2D eigenvalue weighted by Crippen LogP contribution is -2.09. The van der Waals surface area contributed by atoms with E-state index in [-0.39, 0.29) is 40.4 Å². The van der Waals surface area contributed by atoms with Crippen LogP contribution in [0.3, 0.4) is 0 Å². The molecule has 0 aliphatic carbocycles. The molecule has 0 aliphatic rings. The lowest BCUT2D eigenvalue weighted by Gasteiger charge is -2.12. The molecule has 0 saturated heterocycles. The van der Waals surface area contributed by atoms with E-state index >= 15 is 0 Å². The molecule has 0 amide bonds. The van der Waals surface area contributed by atoms with Crippen molar-refractivity contribution < 1.29 is 27.4 Å². The molecule has 0 atom stereocenters. The predicted molar refractivity (Wildman–Crippen MR) is 131 cm³/mol. The molecule has 0 unspecified atom stereocenters. The first-order chi connectivity index (χ1) is 17.2. The number of halogens is 5. The van der Waals surface area contributed by atoms with Crippen molar-refractivity contribution >= 4 is 29.2 Å². The minimum absolute atomic E-state index is 0.122. The third-order valence-corrected chi connectivity index (χ3v) is 5.91. The van der Waals surface area contributed by atoms with Crippen molar-refractivity contribution in [1.29, 1.82) is 0 Å². The van der Waals surface area contributed by atoms with Crippen LogP contribution >= 0.6 is 23.2 Å². The highest BCUT2D eigenvalue weighted by atomic mass is 35.5. The summed E-state index contributed by atoms with van der Waals surface area (Å²) in [4.78, 5) is 11.5. The monoisotopic (exact) mass is 534 g/mol. The standard InChI is InChI=1S/C26H19Cl2F3N2O3/c1-35-24(34)13-16-4-2-5-18(12-16)17-8-10-20(11-9-17)36-15-19-14-23(26(29,30)31)32-33(19)25-21(27)6-3-7-22(25)28/h2-12,14H,13,15H2,1H3. The fourth-order valence-corrected chi connectivity index (χ4v) is 4.10. The molecule has 1 aromatic heterocycles. The second-order valence-corrected chi connectivity index (χ2v) is 8.58. The number of para-hydroxylation sites is 1. The van der Waals surface area contributed by atoms with Gasteiger partial charge in [0.15, 0.2) is 5.69 Å². The number of hydrogen-bond acceptors (Lipinski definition) is 4. The maximum Gasteiger partial charge on any atom is 0.435 e. The average Bonchev–Trinajstić information content (AvgIpc) is 3.27. The van der Waals surface area contributed by atoms with Crippen molar-refractivity contribution in [2.24, 2.45) is 0 Å². The molecule has 4 aromatic rings. The summed E-state index contributed by atoms with van der Waals surface area (Å²) >= 11 is 12.4. The molecule has 4 rings (SSSR count). The summed E-state index contributed by atoms with van der Waals surface area (Å²) < 4.78 is 51.7. The number of ether oxygens (including phenoxy) is 2. The highest BCUT2D eigenvalue weighted by molar-refractivity contribution is 6.37. The number of hydrogen-bond donors (Lipinski definition) is 0. The Bertz CT molecular complexity index is 1370. The third-order valence-electron chi connectivity index (χ3n) is 5.30. The van der Waals surface area contributed by atoms with Gasteiger partial charge in [-0.05, 0) is 47.0 Å². The highest BCUT2D eigenvalue weighted by Gasteiger charge is 2.35. The van der Waals surface area contributed by atoms with Crippen molar-refractivity contribution in [3.63, 3.8) is 0 Å². The van der Waals surface area contributed by atoms with Crippen molar-refractivity contribution in [3.8, 4) is 22.6 Å². The molecular formula is C26H19Cl2F3N2O3. The quantitative estimate of drug-likeness (QED) is 0.236. The molecule has 5 nitrogen and oxygen atoms in total. The molecule has 0 bridgehead atoms. The molecule has 0 spiro atoms. The van der Waals surface area contributed by atoms with Crippen LogP contribution in [0.1, 0.15) is 17.0 Å². The van der Waals surface area contributed by atoms with Crippen LogP contribution in [-0.2, 0) is 28.7 Å². The molecule has 36 heavy (non-hydrogen) atoms. The lowest BCUT2D eigenvalue weighted by atomic mass is 10.0. The largest absolute Gasteiger partial charge is 0.487 e. The number of rotatable bonds is 7. The predicted octanol–water partition coefficient (Wildman–Crippen LogP) is 7.16. The molecule has 0 N–H and O–H groups in total. The minimum atomic E-state index is -4.65. The summed E-state index contributed by atoms with van der Waals surface area (Å²) in [5.41, 5.74) is 1.76. The third kappa shape index (κ3) is 5.83. The molecule has 186 valence electrons. The Kier molecular flexibility index (Phi) is 7.56. The van der Waals surface area contributed by atoms with E-state index in [1.807, 2.05) is 36.4 Å². The zero-order valence-corrected chi connectivity index (χ0v) is 20.4. The van der Waals surface area contributed by atoms with Crippen LogP contribution < -0.4 is 4.74 Å². The second-order valence-electron chi connectivity index (χ2n) is 7.77. The number of esters is 1. The average molecular weight is 535 g/mol. The summed E-state index contributed by atoms with van der Waals surface area (Å²) in [7, 11) is 1.34. The normalized spacial score (nSPS) is 11.4. The summed E-state index contributed by atoms with van der Waals surface area (Å²) in [6, 6.07) is 20.0. The number of carbonyl (C=O) groups is 1. The molecule has 0 fully saturated rings. The maximum absolute atomic E-state index is 13.4. The number of alkyl halides is 3. The van der Waals surface area contributed by atoms with Crippen LogP contribution in [-0.4, -0.2) is 22.9 Å². The molecule has 1 heterocycles. The van der Waals surface area contributed by atoms with Gasteiger partial charge in [0.2, 0.25) is 0 Å². The van der Waals surface area contributed by atoms with E-state index in [9.17, 15) is 18.0 Å². The van der Waals surface area contributed by atoms with Gasteiger partial charge in [-0.25, -0.2) is 4.68 Å². The Morgan fingerprint density at radius 3 is 2.25 bits per heavy atom. The highest BCUT2D eigenvalue weighted by Crippen LogP contribution is 2.34. The van der Waals surface area contributed by atoms with Crippen LogP contribution in [0.25, 0.3) is 16.8 Å². The van der Waals surface area contributed by atoms with E-state index in [2.05, 4.69) is 5.10 Å². The SMILES string of the molecule is COC(=O)Cc1cccc(-c2ccc(OCc3cc(C(F)(F)F)nn3-c3c(Cl)cccc3Cl)cc2)c1. The van der Waals surface area contributed by atoms with Gasteiger partial charge in [-0.1, -0.05) is 65.7 Å². The van der Waals surface area contributed by atoms with E-state index in [1.165, 1.54) is 19.2 Å². The first kappa shape index (κ1) is 25.6. The zero-order valence-electron chi connectivity index (χ0n) is 18.9. The van der Waals surface area contributed by atoms with E-state index < -0.39 is 11.9 Å². The molecule has 0 saturated carbocycles. The Morgan fingerprint density at radius 2 is 1.61 bits per heavy atom. The van der Waals surface area contributed by atoms with E-state index in [0.717, 1.165) is 27.4 Å². The zero-order chi connectivity index (χ0) is 25.9. The topological polar surface area (TPSA) is 53.4 Å². The van der Waals surface area contributed by atoms with Gasteiger partial charge in [0.05, 0.1) is 29.3 Å². The Morgan fingerprint density at radius 1 is 0.944 bits per heavy atom. The van der Waals surface area contributed by atoms with Gasteiger partial charge in [0.1, 0.15) is 18.0 Å². The summed E-state index contributed by atoms with van der Waals surface area (Å²) in [6.45, 7) is -0.210. The van der Waals surface area contributed by atoms with E-state index in [1.54, 1.807) is 18.2 Å². The van der Waals surface area contributed by atoms with Gasteiger partial charge in [-0.15, -0.1) is 0 Å². The molecule has 3 aromatic carbocycles. The Balaban J connectivity index is 1.55. The van der Waals surface area contributed by atoms with Gasteiger partial charge < -0.3 is 9.47 Å². The van der Waals surface area contributed by atoms with Gasteiger partial charge in [-0.2, -0.15) is 18.3 Å². The van der Waals surface area contributed by atoms with Gasteiger partial charge >= 0.3 is 12.1 Å². The van der Waals surface area contributed by atoms with Crippen molar-refractivity contribution in [1.82, 2.24) is 9.78 Å². The first-order valence-electron chi connectivity index (χ1n) is 10.6. The Hall–Kier alpha value is -3.49. The van der Waals surface area contributed by atoms with Gasteiger partial charge in [-0.3, -0.25) is 4.79 Å². The summed E-state index contributed by atoms with van der Waals surface area (Å²) in [5.74, 6) is 0.109. The number of nitrogens with zero attached hydrogens (tertiary/aromatic N) is 2. The molecule has 0 radical (unpaired) electrons. The van der Waals surface area contributed by atoms with Crippen LogP contribution in [0.4, 0.5) is 13.2 Å². The minimum Gasteiger partial charge on any atom is -0.487 e. The fourth-order valence-electron chi connectivity index (χ4n) is 3.55. The van der Waals surface area contributed by atoms with Crippen molar-refractivity contribution in [2.45, 2.75) is 19.2 Å². The van der Waals surface area contributed by atoms with Crippen LogP contribution in [0.2, 0.25) is 10.0 Å². The fraction of sp³-hybridized carbons (Fsp3) is 0.154. The summed E-state index contributed by atoms with van der Waals surface area (Å²) in [5, 5.41) is 3.99. The van der Waals surface area contributed by atoms with Crippen LogP contribution in [0.15, 0.2) is 72.8 Å². The van der Waals surface area contributed by atoms with E-state index in [4.69, 9.17) is 32.7 Å². The first-order valence-corrected chi connectivity index (χ1v) is 11.4. The van der Waals surface area contributed by atoms with Crippen molar-refractivity contribution in [3.05, 3.63) is 99.8 Å². The second kappa shape index (κ2) is 10.6. The maximum atomic E-state index is 13.4. The summed E-state index contributed by atoms with van der Waals surface area (Å²) in [6.07, 6.45) is -4.49. The van der Waals surface area contributed by atoms with Crippen LogP contribution in [0.5, 0.6) is 5.75 Å². The molecule has 0 aliphatic heterocycles. The van der Waals surface area contributed by atoms with Gasteiger partial charge in [0.25, 0.3) is 0 Å². The van der Waals surface area contributed by atoms with E-state index in [0.29, 0.717) is 5.75 Å². The lowest BCUT2D eigenvalue weighted by molar-refractivity contribution is -0.141. The number of carbonyl (C=O) groups excluding carboxylic acids is 1. The molecule has 10 heteroatoms. The number of methoxy groups -OCH3 is 1. The molecular weight excluding hydrogens is 516 g/mol. The van der Waals surface area contributed by atoms with Gasteiger partial charge in [0, 0.05) is 0 Å². The van der Waals surface area contributed by atoms with Crippen molar-refractivity contribution in [2.75, 3.05) is 7.11 Å². The van der Waals surface area contributed by atoms with Crippen LogP contribution in [0, 0.1) is 0 Å².